The van der Waals surface area contributed by atoms with Gasteiger partial charge in [-0.2, -0.15) is 0 Å². The molecule has 0 aromatic heterocycles. The van der Waals surface area contributed by atoms with E-state index in [-0.39, 0.29) is 11.4 Å². The van der Waals surface area contributed by atoms with E-state index in [4.69, 9.17) is 4.74 Å². The first-order valence-electron chi connectivity index (χ1n) is 7.15. The summed E-state index contributed by atoms with van der Waals surface area (Å²) in [7, 11) is 0. The van der Waals surface area contributed by atoms with Crippen molar-refractivity contribution < 1.29 is 13.5 Å². The Bertz CT molecular complexity index is 490. The maximum Gasteiger partial charge on any atom is 0.129 e. The number of halogens is 2. The molecule has 1 aromatic carbocycles. The van der Waals surface area contributed by atoms with Crippen molar-refractivity contribution in [1.82, 2.24) is 5.32 Å². The third-order valence-electron chi connectivity index (χ3n) is 3.72. The van der Waals surface area contributed by atoms with Crippen LogP contribution in [-0.2, 0) is 4.74 Å². The molecule has 2 atom stereocenters. The van der Waals surface area contributed by atoms with Gasteiger partial charge in [-0.1, -0.05) is 13.8 Å². The molecule has 0 bridgehead atoms. The molecule has 20 heavy (non-hydrogen) atoms. The van der Waals surface area contributed by atoms with Crippen LogP contribution in [0, 0.1) is 24.5 Å². The third-order valence-corrected chi connectivity index (χ3v) is 3.72. The predicted octanol–water partition coefficient (Wildman–Crippen LogP) is 3.74. The molecule has 1 fully saturated rings. The summed E-state index contributed by atoms with van der Waals surface area (Å²) in [5.74, 6) is -0.300. The van der Waals surface area contributed by atoms with E-state index in [0.717, 1.165) is 13.0 Å². The van der Waals surface area contributed by atoms with Gasteiger partial charge in [0.15, 0.2) is 0 Å². The topological polar surface area (TPSA) is 21.3 Å². The summed E-state index contributed by atoms with van der Waals surface area (Å²) in [5.41, 5.74) is 0.278. The maximum atomic E-state index is 14.1. The van der Waals surface area contributed by atoms with Gasteiger partial charge in [0.1, 0.15) is 11.6 Å². The fourth-order valence-corrected chi connectivity index (χ4v) is 2.96. The maximum absolute atomic E-state index is 14.1. The highest BCUT2D eigenvalue weighted by Gasteiger charge is 2.35. The minimum absolute atomic E-state index is 0.301. The monoisotopic (exact) mass is 283 g/mol. The zero-order chi connectivity index (χ0) is 14.9. The van der Waals surface area contributed by atoms with Crippen LogP contribution >= 0.6 is 0 Å². The van der Waals surface area contributed by atoms with Gasteiger partial charge < -0.3 is 10.1 Å². The van der Waals surface area contributed by atoms with Crippen LogP contribution in [0.2, 0.25) is 0 Å². The molecule has 1 heterocycles. The Balaban J connectivity index is 2.23. The Labute approximate surface area is 119 Å². The lowest BCUT2D eigenvalue weighted by Crippen LogP contribution is -2.49. The summed E-state index contributed by atoms with van der Waals surface area (Å²) in [6.07, 6.45) is 0.439. The minimum atomic E-state index is -0.442. The molecule has 1 saturated heterocycles. The molecule has 0 amide bonds. The van der Waals surface area contributed by atoms with Crippen molar-refractivity contribution >= 4 is 0 Å². The summed E-state index contributed by atoms with van der Waals surface area (Å²) >= 11 is 0. The lowest BCUT2D eigenvalue weighted by molar-refractivity contribution is -0.118. The Morgan fingerprint density at radius 3 is 2.70 bits per heavy atom. The van der Waals surface area contributed by atoms with Gasteiger partial charge in [-0.3, -0.25) is 0 Å². The van der Waals surface area contributed by atoms with E-state index in [1.807, 2.05) is 6.92 Å². The fourth-order valence-electron chi connectivity index (χ4n) is 2.96. The molecule has 1 aliphatic heterocycles. The van der Waals surface area contributed by atoms with E-state index in [1.54, 1.807) is 6.92 Å². The van der Waals surface area contributed by atoms with Crippen LogP contribution in [0.4, 0.5) is 8.78 Å². The van der Waals surface area contributed by atoms with Crippen molar-refractivity contribution in [3.05, 3.63) is 34.9 Å². The Hall–Kier alpha value is -1.00. The smallest absolute Gasteiger partial charge is 0.129 e. The number of aryl methyl sites for hydroxylation is 1. The number of morpholine rings is 1. The summed E-state index contributed by atoms with van der Waals surface area (Å²) < 4.78 is 33.8. The van der Waals surface area contributed by atoms with E-state index in [1.165, 1.54) is 12.1 Å². The van der Waals surface area contributed by atoms with Crippen molar-refractivity contribution in [2.45, 2.75) is 45.8 Å². The zero-order valence-electron chi connectivity index (χ0n) is 12.6. The SMILES string of the molecule is Cc1cc(F)c(C2CNCC(C)(CC(C)C)O2)cc1F. The number of hydrogen-bond acceptors (Lipinski definition) is 2. The second-order valence-corrected chi connectivity index (χ2v) is 6.41. The molecule has 0 saturated carbocycles. The Morgan fingerprint density at radius 1 is 1.35 bits per heavy atom. The average Bonchev–Trinajstić information content (AvgIpc) is 2.32. The number of hydrogen-bond donors (Lipinski definition) is 1. The van der Waals surface area contributed by atoms with E-state index in [0.29, 0.717) is 23.6 Å². The van der Waals surface area contributed by atoms with Gasteiger partial charge in [-0.15, -0.1) is 0 Å². The molecule has 1 aromatic rings. The summed E-state index contributed by atoms with van der Waals surface area (Å²) in [4.78, 5) is 0. The number of benzene rings is 1. The third kappa shape index (κ3) is 3.36. The van der Waals surface area contributed by atoms with Crippen LogP contribution in [0.15, 0.2) is 12.1 Å². The highest BCUT2D eigenvalue weighted by Crippen LogP contribution is 2.33. The van der Waals surface area contributed by atoms with Crippen LogP contribution in [0.1, 0.15) is 44.4 Å². The molecule has 2 nitrogen and oxygen atoms in total. The lowest BCUT2D eigenvalue weighted by Gasteiger charge is -2.40. The van der Waals surface area contributed by atoms with Crippen LogP contribution < -0.4 is 5.32 Å². The zero-order valence-corrected chi connectivity index (χ0v) is 12.6. The molecule has 2 unspecified atom stereocenters. The first-order chi connectivity index (χ1) is 9.31. The molecular formula is C16H23F2NO. The molecule has 2 rings (SSSR count). The van der Waals surface area contributed by atoms with Crippen LogP contribution in [0.5, 0.6) is 0 Å². The number of ether oxygens (including phenoxy) is 1. The van der Waals surface area contributed by atoms with E-state index >= 15 is 0 Å². The van der Waals surface area contributed by atoms with Gasteiger partial charge in [-0.05, 0) is 43.9 Å². The largest absolute Gasteiger partial charge is 0.365 e. The molecule has 0 spiro atoms. The summed E-state index contributed by atoms with van der Waals surface area (Å²) in [6, 6.07) is 2.50. The van der Waals surface area contributed by atoms with E-state index in [2.05, 4.69) is 19.2 Å². The first kappa shape index (κ1) is 15.4. The Kier molecular flexibility index (Phi) is 4.45. The van der Waals surface area contributed by atoms with Gasteiger partial charge in [0.2, 0.25) is 0 Å². The van der Waals surface area contributed by atoms with Crippen molar-refractivity contribution in [3.63, 3.8) is 0 Å². The molecule has 1 N–H and O–H groups in total. The second-order valence-electron chi connectivity index (χ2n) is 6.41. The summed E-state index contributed by atoms with van der Waals surface area (Å²) in [6.45, 7) is 9.08. The highest BCUT2D eigenvalue weighted by molar-refractivity contribution is 5.27. The highest BCUT2D eigenvalue weighted by atomic mass is 19.1. The van der Waals surface area contributed by atoms with Crippen LogP contribution in [0.3, 0.4) is 0 Å². The first-order valence-corrected chi connectivity index (χ1v) is 7.15. The van der Waals surface area contributed by atoms with Gasteiger partial charge in [0, 0.05) is 18.7 Å². The average molecular weight is 283 g/mol. The van der Waals surface area contributed by atoms with E-state index in [9.17, 15) is 8.78 Å². The van der Waals surface area contributed by atoms with Crippen molar-refractivity contribution in [3.8, 4) is 0 Å². The Morgan fingerprint density at radius 2 is 2.05 bits per heavy atom. The number of nitrogens with one attached hydrogen (secondary N) is 1. The van der Waals surface area contributed by atoms with Crippen molar-refractivity contribution in [2.75, 3.05) is 13.1 Å². The lowest BCUT2D eigenvalue weighted by atomic mass is 9.91. The van der Waals surface area contributed by atoms with Crippen molar-refractivity contribution in [2.24, 2.45) is 5.92 Å². The molecule has 0 radical (unpaired) electrons. The van der Waals surface area contributed by atoms with Crippen molar-refractivity contribution in [1.29, 1.82) is 0 Å². The molecule has 0 aliphatic carbocycles. The van der Waals surface area contributed by atoms with Gasteiger partial charge >= 0.3 is 0 Å². The van der Waals surface area contributed by atoms with Crippen LogP contribution in [0.25, 0.3) is 0 Å². The molecular weight excluding hydrogens is 260 g/mol. The van der Waals surface area contributed by atoms with Gasteiger partial charge in [0.05, 0.1) is 11.7 Å². The standard InChI is InChI=1S/C16H23F2NO/c1-10(2)7-16(4)9-19-8-15(20-16)12-6-13(17)11(3)5-14(12)18/h5-6,10,15,19H,7-9H2,1-4H3. The fraction of sp³-hybridized carbons (Fsp3) is 0.625. The van der Waals surface area contributed by atoms with E-state index < -0.39 is 11.9 Å². The summed E-state index contributed by atoms with van der Waals surface area (Å²) in [5, 5.41) is 3.28. The van der Waals surface area contributed by atoms with Gasteiger partial charge in [-0.25, -0.2) is 8.78 Å². The van der Waals surface area contributed by atoms with Crippen LogP contribution in [-0.4, -0.2) is 18.7 Å². The predicted molar refractivity (Wildman–Crippen MR) is 75.7 cm³/mol. The normalized spacial score (nSPS) is 27.1. The quantitative estimate of drug-likeness (QED) is 0.912. The molecule has 1 aliphatic rings. The number of rotatable bonds is 3. The minimum Gasteiger partial charge on any atom is -0.365 e. The molecule has 112 valence electrons. The second kappa shape index (κ2) is 5.78. The van der Waals surface area contributed by atoms with Gasteiger partial charge in [0.25, 0.3) is 0 Å². The molecule has 4 heteroatoms.